The third-order valence-corrected chi connectivity index (χ3v) is 4.59. The van der Waals surface area contributed by atoms with Crippen molar-refractivity contribution < 1.29 is 4.74 Å². The smallest absolute Gasteiger partial charge is 0.0623 e. The fourth-order valence-corrected chi connectivity index (χ4v) is 2.88. The summed E-state index contributed by atoms with van der Waals surface area (Å²) in [5, 5.41) is 4.34. The molecule has 0 aliphatic rings. The summed E-state index contributed by atoms with van der Waals surface area (Å²) in [6, 6.07) is 6.40. The lowest BCUT2D eigenvalue weighted by Crippen LogP contribution is -2.27. The van der Waals surface area contributed by atoms with E-state index in [1.807, 2.05) is 6.07 Å². The maximum atomic E-state index is 6.12. The molecule has 1 N–H and O–H groups in total. The summed E-state index contributed by atoms with van der Waals surface area (Å²) in [6.07, 6.45) is 2.04. The fraction of sp³-hybridized carbons (Fsp3) is 0.600. The van der Waals surface area contributed by atoms with Crippen molar-refractivity contribution in [1.82, 2.24) is 5.32 Å². The summed E-state index contributed by atoms with van der Waals surface area (Å²) in [4.78, 5) is 0. The summed E-state index contributed by atoms with van der Waals surface area (Å²) in [5.41, 5.74) is 1.19. The highest BCUT2D eigenvalue weighted by atomic mass is 127. The highest BCUT2D eigenvalue weighted by Crippen LogP contribution is 2.29. The highest BCUT2D eigenvalue weighted by molar-refractivity contribution is 14.1. The number of hydrogen-bond donors (Lipinski definition) is 1. The predicted octanol–water partition coefficient (Wildman–Crippen LogP) is 4.80. The zero-order chi connectivity index (χ0) is 14.5. The van der Waals surface area contributed by atoms with Gasteiger partial charge in [-0.05, 0) is 79.6 Å². The Morgan fingerprint density at radius 3 is 2.68 bits per heavy atom. The molecule has 0 aliphatic carbocycles. The van der Waals surface area contributed by atoms with Gasteiger partial charge >= 0.3 is 0 Å². The first kappa shape index (κ1) is 17.2. The number of nitrogens with one attached hydrogen (secondary N) is 1. The van der Waals surface area contributed by atoms with E-state index in [0.717, 1.165) is 24.4 Å². The van der Waals surface area contributed by atoms with E-state index >= 15 is 0 Å². The van der Waals surface area contributed by atoms with Gasteiger partial charge in [-0.2, -0.15) is 0 Å². The molecule has 1 aromatic rings. The third-order valence-electron chi connectivity index (χ3n) is 3.37. The maximum absolute atomic E-state index is 6.12. The minimum Gasteiger partial charge on any atom is -0.379 e. The average molecular weight is 396 g/mol. The van der Waals surface area contributed by atoms with Gasteiger partial charge in [0.25, 0.3) is 0 Å². The monoisotopic (exact) mass is 395 g/mol. The molecule has 4 heteroatoms. The van der Waals surface area contributed by atoms with Crippen LogP contribution in [0, 0.1) is 3.57 Å². The Morgan fingerprint density at radius 1 is 1.42 bits per heavy atom. The van der Waals surface area contributed by atoms with Gasteiger partial charge in [0, 0.05) is 21.7 Å². The Kier molecular flexibility index (Phi) is 7.08. The molecule has 2 nitrogen and oxygen atoms in total. The van der Waals surface area contributed by atoms with Crippen LogP contribution in [0.1, 0.15) is 45.2 Å². The Balaban J connectivity index is 2.85. The van der Waals surface area contributed by atoms with Crippen LogP contribution in [0.4, 0.5) is 0 Å². The van der Waals surface area contributed by atoms with E-state index in [-0.39, 0.29) is 5.60 Å². The lowest BCUT2D eigenvalue weighted by molar-refractivity contribution is 0.0117. The van der Waals surface area contributed by atoms with Gasteiger partial charge in [0.15, 0.2) is 0 Å². The number of rotatable bonds is 7. The Bertz CT molecular complexity index is 409. The summed E-state index contributed by atoms with van der Waals surface area (Å²) in [5.74, 6) is 0. The zero-order valence-corrected chi connectivity index (χ0v) is 15.0. The molecule has 108 valence electrons. The molecule has 0 bridgehead atoms. The lowest BCUT2D eigenvalue weighted by atomic mass is 9.95. The van der Waals surface area contributed by atoms with E-state index in [0.29, 0.717) is 6.04 Å². The molecule has 1 atom stereocenters. The van der Waals surface area contributed by atoms with Crippen LogP contribution in [-0.4, -0.2) is 19.3 Å². The first-order chi connectivity index (χ1) is 8.89. The molecule has 0 spiro atoms. The van der Waals surface area contributed by atoms with Crippen LogP contribution >= 0.6 is 34.2 Å². The largest absolute Gasteiger partial charge is 0.379 e. The number of methoxy groups -OCH3 is 1. The van der Waals surface area contributed by atoms with Gasteiger partial charge in [-0.3, -0.25) is 0 Å². The topological polar surface area (TPSA) is 21.3 Å². The van der Waals surface area contributed by atoms with Crippen LogP contribution in [0.2, 0.25) is 5.02 Å². The summed E-state index contributed by atoms with van der Waals surface area (Å²) < 4.78 is 6.75. The molecular formula is C15H23ClINO. The van der Waals surface area contributed by atoms with Gasteiger partial charge in [0.2, 0.25) is 0 Å². The lowest BCUT2D eigenvalue weighted by Gasteiger charge is -2.27. The molecule has 0 heterocycles. The van der Waals surface area contributed by atoms with Gasteiger partial charge in [-0.25, -0.2) is 0 Å². The molecular weight excluding hydrogens is 373 g/mol. The van der Waals surface area contributed by atoms with E-state index in [1.165, 1.54) is 9.13 Å². The molecule has 1 aromatic carbocycles. The standard InChI is InChI=1S/C15H23ClINO/c1-5-18-14(8-9-15(2,3)19-4)12-10-11(16)6-7-13(12)17/h6-7,10,14,18H,5,8-9H2,1-4H3. The molecule has 0 aliphatic heterocycles. The molecule has 0 amide bonds. The Labute approximate surface area is 135 Å². The maximum Gasteiger partial charge on any atom is 0.0623 e. The van der Waals surface area contributed by atoms with Crippen molar-refractivity contribution in [2.24, 2.45) is 0 Å². The second kappa shape index (κ2) is 7.81. The Morgan fingerprint density at radius 2 is 2.11 bits per heavy atom. The van der Waals surface area contributed by atoms with Gasteiger partial charge < -0.3 is 10.1 Å². The van der Waals surface area contributed by atoms with E-state index in [4.69, 9.17) is 16.3 Å². The van der Waals surface area contributed by atoms with E-state index < -0.39 is 0 Å². The van der Waals surface area contributed by atoms with Crippen molar-refractivity contribution in [2.75, 3.05) is 13.7 Å². The number of halogens is 2. The molecule has 0 saturated carbocycles. The van der Waals surface area contributed by atoms with Crippen molar-refractivity contribution in [1.29, 1.82) is 0 Å². The number of ether oxygens (including phenoxy) is 1. The first-order valence-electron chi connectivity index (χ1n) is 6.63. The van der Waals surface area contributed by atoms with Gasteiger partial charge in [0.05, 0.1) is 5.60 Å². The molecule has 0 aromatic heterocycles. The molecule has 19 heavy (non-hydrogen) atoms. The van der Waals surface area contributed by atoms with E-state index in [9.17, 15) is 0 Å². The Hall–Kier alpha value is 0.160. The average Bonchev–Trinajstić information content (AvgIpc) is 2.37. The van der Waals surface area contributed by atoms with Crippen LogP contribution < -0.4 is 5.32 Å². The summed E-state index contributed by atoms with van der Waals surface area (Å²) in [6.45, 7) is 7.32. The van der Waals surface area contributed by atoms with Crippen LogP contribution in [-0.2, 0) is 4.74 Å². The second-order valence-corrected chi connectivity index (χ2v) is 6.88. The van der Waals surface area contributed by atoms with Crippen LogP contribution in [0.25, 0.3) is 0 Å². The predicted molar refractivity (Wildman–Crippen MR) is 90.9 cm³/mol. The molecule has 0 radical (unpaired) electrons. The normalized spacial score (nSPS) is 13.6. The van der Waals surface area contributed by atoms with Gasteiger partial charge in [-0.1, -0.05) is 18.5 Å². The van der Waals surface area contributed by atoms with Crippen molar-refractivity contribution in [3.8, 4) is 0 Å². The van der Waals surface area contributed by atoms with Crippen LogP contribution in [0.15, 0.2) is 18.2 Å². The SMILES string of the molecule is CCNC(CCC(C)(C)OC)c1cc(Cl)ccc1I. The first-order valence-corrected chi connectivity index (χ1v) is 8.08. The van der Waals surface area contributed by atoms with Gasteiger partial charge in [0.1, 0.15) is 0 Å². The zero-order valence-electron chi connectivity index (χ0n) is 12.1. The van der Waals surface area contributed by atoms with Crippen molar-refractivity contribution in [3.05, 3.63) is 32.4 Å². The summed E-state index contributed by atoms with van der Waals surface area (Å²) >= 11 is 8.49. The summed E-state index contributed by atoms with van der Waals surface area (Å²) in [7, 11) is 1.77. The third kappa shape index (κ3) is 5.58. The van der Waals surface area contributed by atoms with E-state index in [2.05, 4.69) is 60.8 Å². The van der Waals surface area contributed by atoms with Crippen molar-refractivity contribution in [2.45, 2.75) is 45.3 Å². The minimum atomic E-state index is -0.0856. The molecule has 0 saturated heterocycles. The van der Waals surface area contributed by atoms with Gasteiger partial charge in [-0.15, -0.1) is 0 Å². The van der Waals surface area contributed by atoms with Crippen LogP contribution in [0.3, 0.4) is 0 Å². The molecule has 1 unspecified atom stereocenters. The molecule has 0 fully saturated rings. The second-order valence-electron chi connectivity index (χ2n) is 5.28. The highest BCUT2D eigenvalue weighted by Gasteiger charge is 2.21. The van der Waals surface area contributed by atoms with Crippen molar-refractivity contribution >= 4 is 34.2 Å². The quantitative estimate of drug-likeness (QED) is 0.670. The number of benzene rings is 1. The molecule has 1 rings (SSSR count). The minimum absolute atomic E-state index is 0.0856. The van der Waals surface area contributed by atoms with Crippen molar-refractivity contribution in [3.63, 3.8) is 0 Å². The van der Waals surface area contributed by atoms with E-state index in [1.54, 1.807) is 7.11 Å². The number of hydrogen-bond acceptors (Lipinski definition) is 2. The van der Waals surface area contributed by atoms with Crippen LogP contribution in [0.5, 0.6) is 0 Å². The fourth-order valence-electron chi connectivity index (χ4n) is 1.99.